The highest BCUT2D eigenvalue weighted by Gasteiger charge is 2.33. The van der Waals surface area contributed by atoms with Crippen LogP contribution in [0, 0.1) is 13.8 Å². The highest BCUT2D eigenvalue weighted by atomic mass is 19.4. The lowest BCUT2D eigenvalue weighted by Crippen LogP contribution is -2.32. The monoisotopic (exact) mass is 545 g/mol. The maximum atomic E-state index is 13.3. The van der Waals surface area contributed by atoms with Crippen molar-refractivity contribution < 1.29 is 36.9 Å². The predicted molar refractivity (Wildman–Crippen MR) is 140 cm³/mol. The van der Waals surface area contributed by atoms with Crippen LogP contribution < -0.4 is 0 Å². The third kappa shape index (κ3) is 7.94. The third-order valence-electron chi connectivity index (χ3n) is 6.81. The van der Waals surface area contributed by atoms with Gasteiger partial charge in [0, 0.05) is 5.56 Å². The SMILES string of the molecule is C=C(O)C(CO[C@@H]1CCC[C@H](OCc2nc(-c3cccc(C)c3)oc2C)C1)OCc1ccccc1C(F)(F)F. The van der Waals surface area contributed by atoms with Gasteiger partial charge in [-0.05, 0) is 63.3 Å². The summed E-state index contributed by atoms with van der Waals surface area (Å²) in [4.78, 5) is 4.62. The van der Waals surface area contributed by atoms with Crippen LogP contribution in [0.3, 0.4) is 0 Å². The molecule has 3 aromatic rings. The van der Waals surface area contributed by atoms with Gasteiger partial charge in [-0.3, -0.25) is 0 Å². The smallest absolute Gasteiger partial charge is 0.416 e. The van der Waals surface area contributed by atoms with Crippen LogP contribution in [-0.4, -0.2) is 35.0 Å². The fraction of sp³-hybridized carbons (Fsp3) is 0.433. The van der Waals surface area contributed by atoms with Gasteiger partial charge in [-0.15, -0.1) is 0 Å². The summed E-state index contributed by atoms with van der Waals surface area (Å²) < 4.78 is 63.4. The van der Waals surface area contributed by atoms with E-state index in [0.717, 1.165) is 42.1 Å². The molecule has 0 radical (unpaired) electrons. The van der Waals surface area contributed by atoms with E-state index >= 15 is 0 Å². The fourth-order valence-corrected chi connectivity index (χ4v) is 4.64. The van der Waals surface area contributed by atoms with Crippen molar-refractivity contribution in [2.24, 2.45) is 0 Å². The van der Waals surface area contributed by atoms with Gasteiger partial charge < -0.3 is 23.7 Å². The van der Waals surface area contributed by atoms with Crippen LogP contribution in [0.4, 0.5) is 13.2 Å². The van der Waals surface area contributed by atoms with Gasteiger partial charge in [0.1, 0.15) is 23.3 Å². The molecule has 1 N–H and O–H groups in total. The van der Waals surface area contributed by atoms with Gasteiger partial charge in [0.25, 0.3) is 0 Å². The molecule has 1 aliphatic carbocycles. The third-order valence-corrected chi connectivity index (χ3v) is 6.81. The van der Waals surface area contributed by atoms with E-state index in [0.29, 0.717) is 24.7 Å². The first kappa shape index (κ1) is 28.9. The molecule has 1 fully saturated rings. The van der Waals surface area contributed by atoms with Crippen molar-refractivity contribution in [3.63, 3.8) is 0 Å². The first-order valence-electron chi connectivity index (χ1n) is 13.0. The zero-order valence-corrected chi connectivity index (χ0v) is 22.2. The van der Waals surface area contributed by atoms with Gasteiger partial charge in [-0.1, -0.05) is 42.5 Å². The van der Waals surface area contributed by atoms with Crippen LogP contribution in [0.5, 0.6) is 0 Å². The Labute approximate surface area is 226 Å². The minimum absolute atomic E-state index is 0.0175. The van der Waals surface area contributed by atoms with Crippen LogP contribution in [0.2, 0.25) is 0 Å². The minimum Gasteiger partial charge on any atom is -0.510 e. The van der Waals surface area contributed by atoms with Gasteiger partial charge in [0.15, 0.2) is 0 Å². The van der Waals surface area contributed by atoms with Crippen molar-refractivity contribution >= 4 is 0 Å². The molecule has 0 spiro atoms. The number of rotatable bonds is 11. The predicted octanol–water partition coefficient (Wildman–Crippen LogP) is 7.48. The molecule has 39 heavy (non-hydrogen) atoms. The zero-order chi connectivity index (χ0) is 28.0. The number of ether oxygens (including phenoxy) is 3. The molecule has 2 aromatic carbocycles. The molecule has 0 bridgehead atoms. The summed E-state index contributed by atoms with van der Waals surface area (Å²) in [5.74, 6) is 0.977. The molecule has 0 saturated heterocycles. The molecule has 0 amide bonds. The topological polar surface area (TPSA) is 74.0 Å². The number of oxazole rings is 1. The Bertz CT molecular complexity index is 1260. The average Bonchev–Trinajstić information content (AvgIpc) is 3.27. The molecular formula is C30H34F3NO5. The highest BCUT2D eigenvalue weighted by Crippen LogP contribution is 2.32. The fourth-order valence-electron chi connectivity index (χ4n) is 4.64. The number of alkyl halides is 3. The van der Waals surface area contributed by atoms with Gasteiger partial charge in [0.2, 0.25) is 5.89 Å². The maximum Gasteiger partial charge on any atom is 0.416 e. The zero-order valence-electron chi connectivity index (χ0n) is 22.2. The number of hydrogen-bond donors (Lipinski definition) is 1. The van der Waals surface area contributed by atoms with Crippen molar-refractivity contribution in [1.82, 2.24) is 4.98 Å². The molecule has 1 saturated carbocycles. The van der Waals surface area contributed by atoms with Gasteiger partial charge >= 0.3 is 6.18 Å². The van der Waals surface area contributed by atoms with E-state index in [9.17, 15) is 18.3 Å². The lowest BCUT2D eigenvalue weighted by Gasteiger charge is -2.30. The van der Waals surface area contributed by atoms with E-state index in [1.54, 1.807) is 0 Å². The summed E-state index contributed by atoms with van der Waals surface area (Å²) in [6.07, 6.45) is -2.41. The van der Waals surface area contributed by atoms with Gasteiger partial charge in [-0.2, -0.15) is 13.2 Å². The Morgan fingerprint density at radius 3 is 2.54 bits per heavy atom. The van der Waals surface area contributed by atoms with Gasteiger partial charge in [-0.25, -0.2) is 4.98 Å². The van der Waals surface area contributed by atoms with Gasteiger partial charge in [0.05, 0.1) is 37.6 Å². The van der Waals surface area contributed by atoms with Crippen molar-refractivity contribution in [2.45, 2.75) is 77.2 Å². The normalized spacial score (nSPS) is 18.7. The molecule has 6 nitrogen and oxygen atoms in total. The van der Waals surface area contributed by atoms with E-state index in [1.807, 2.05) is 38.1 Å². The number of aromatic nitrogens is 1. The summed E-state index contributed by atoms with van der Waals surface area (Å²) in [6.45, 7) is 7.35. The molecule has 1 aliphatic rings. The molecule has 4 rings (SSSR count). The van der Waals surface area contributed by atoms with E-state index in [2.05, 4.69) is 11.6 Å². The number of halogens is 3. The average molecular weight is 546 g/mol. The Morgan fingerprint density at radius 2 is 1.82 bits per heavy atom. The second-order valence-corrected chi connectivity index (χ2v) is 9.89. The first-order chi connectivity index (χ1) is 18.6. The van der Waals surface area contributed by atoms with Crippen molar-refractivity contribution in [3.05, 3.63) is 89.0 Å². The Kier molecular flexibility index (Phi) is 9.48. The summed E-state index contributed by atoms with van der Waals surface area (Å²) >= 11 is 0. The number of hydrogen-bond acceptors (Lipinski definition) is 6. The number of aliphatic hydroxyl groups excluding tert-OH is 1. The lowest BCUT2D eigenvalue weighted by molar-refractivity contribution is -0.139. The molecule has 3 atom stereocenters. The molecular weight excluding hydrogens is 511 g/mol. The van der Waals surface area contributed by atoms with Crippen LogP contribution in [0.1, 0.15) is 53.8 Å². The molecule has 0 aliphatic heterocycles. The Balaban J connectivity index is 1.28. The molecule has 1 heterocycles. The highest BCUT2D eigenvalue weighted by molar-refractivity contribution is 5.54. The molecule has 9 heteroatoms. The van der Waals surface area contributed by atoms with E-state index in [-0.39, 0.29) is 36.7 Å². The summed E-state index contributed by atoms with van der Waals surface area (Å²) in [5.41, 5.74) is 2.00. The summed E-state index contributed by atoms with van der Waals surface area (Å²) in [6, 6.07) is 13.2. The number of aryl methyl sites for hydroxylation is 2. The Morgan fingerprint density at radius 1 is 1.08 bits per heavy atom. The number of benzene rings is 2. The second-order valence-electron chi connectivity index (χ2n) is 9.89. The van der Waals surface area contributed by atoms with Crippen LogP contribution in [-0.2, 0) is 33.6 Å². The maximum absolute atomic E-state index is 13.3. The minimum atomic E-state index is -4.49. The number of aliphatic hydroxyl groups is 1. The van der Waals surface area contributed by atoms with Crippen LogP contribution in [0.25, 0.3) is 11.5 Å². The first-order valence-corrected chi connectivity index (χ1v) is 13.0. The standard InChI is InChI=1S/C30H34F3NO5/c1-19-8-6-10-22(14-19)29-34-27(21(3)39-29)17-36-24-11-7-12-25(15-24)37-18-28(20(2)35)38-16-23-9-4-5-13-26(23)30(31,32)33/h4-6,8-10,13-14,24-25,28,35H,2,7,11-12,15-18H2,1,3H3/t24-,25+,28?/m0/s1. The van der Waals surface area contributed by atoms with Crippen molar-refractivity contribution in [3.8, 4) is 11.5 Å². The summed E-state index contributed by atoms with van der Waals surface area (Å²) in [7, 11) is 0. The quantitative estimate of drug-likeness (QED) is 0.252. The lowest BCUT2D eigenvalue weighted by atomic mass is 9.95. The van der Waals surface area contributed by atoms with E-state index in [1.165, 1.54) is 18.2 Å². The van der Waals surface area contributed by atoms with Crippen LogP contribution >= 0.6 is 0 Å². The van der Waals surface area contributed by atoms with E-state index < -0.39 is 17.8 Å². The molecule has 1 aromatic heterocycles. The van der Waals surface area contributed by atoms with Crippen LogP contribution in [0.15, 0.2) is 65.3 Å². The van der Waals surface area contributed by atoms with Crippen molar-refractivity contribution in [1.29, 1.82) is 0 Å². The largest absolute Gasteiger partial charge is 0.510 e. The molecule has 210 valence electrons. The van der Waals surface area contributed by atoms with E-state index in [4.69, 9.17) is 18.6 Å². The Hall–Kier alpha value is -3.14. The second kappa shape index (κ2) is 12.8. The number of nitrogens with zero attached hydrogens (tertiary/aromatic N) is 1. The summed E-state index contributed by atoms with van der Waals surface area (Å²) in [5, 5.41) is 9.97. The molecule has 1 unspecified atom stereocenters. The van der Waals surface area contributed by atoms with Crippen molar-refractivity contribution in [2.75, 3.05) is 6.61 Å².